The van der Waals surface area contributed by atoms with Crippen LogP contribution < -0.4 is 4.18 Å². The predicted molar refractivity (Wildman–Crippen MR) is 119 cm³/mol. The number of halogens is 6. The standard InChI is InChI=1S/C22H26F6O7S2/c23-20(24,21(25,26)36(30,31)32)22(27,28)37(33,34)35-19-17(15-7-3-1-4-8-15)11-14(13-29)12-18(19)16-9-5-2-6-10-16/h11-13,15-16H,1-10H2,(H,30,31,32). The van der Waals surface area contributed by atoms with Crippen LogP contribution in [0.2, 0.25) is 0 Å². The molecule has 3 rings (SSSR count). The Balaban J connectivity index is 2.19. The van der Waals surface area contributed by atoms with Gasteiger partial charge < -0.3 is 4.18 Å². The van der Waals surface area contributed by atoms with Crippen molar-refractivity contribution in [2.75, 3.05) is 0 Å². The first-order valence-corrected chi connectivity index (χ1v) is 14.5. The van der Waals surface area contributed by atoms with Crippen LogP contribution in [0.15, 0.2) is 12.1 Å². The molecule has 0 radical (unpaired) electrons. The second kappa shape index (κ2) is 10.4. The van der Waals surface area contributed by atoms with Crippen LogP contribution in [0.5, 0.6) is 5.75 Å². The maximum Gasteiger partial charge on any atom is 0.450 e. The molecular weight excluding hydrogens is 554 g/mol. The van der Waals surface area contributed by atoms with Crippen molar-refractivity contribution in [3.05, 3.63) is 28.8 Å². The number of carbonyl (C=O) groups is 1. The minimum atomic E-state index is -7.16. The Bertz CT molecular complexity index is 1180. The topological polar surface area (TPSA) is 115 Å². The average Bonchev–Trinajstić information content (AvgIpc) is 2.84. The second-order valence-electron chi connectivity index (χ2n) is 9.44. The van der Waals surface area contributed by atoms with Crippen molar-refractivity contribution in [3.8, 4) is 5.75 Å². The van der Waals surface area contributed by atoms with Crippen LogP contribution >= 0.6 is 0 Å². The van der Waals surface area contributed by atoms with Gasteiger partial charge in [0.05, 0.1) is 0 Å². The highest BCUT2D eigenvalue weighted by molar-refractivity contribution is 7.88. The van der Waals surface area contributed by atoms with Crippen LogP contribution in [0.4, 0.5) is 26.3 Å². The Hall–Kier alpha value is -1.87. The quantitative estimate of drug-likeness (QED) is 0.165. The van der Waals surface area contributed by atoms with E-state index < -0.39 is 54.3 Å². The summed E-state index contributed by atoms with van der Waals surface area (Å²) in [4.78, 5) is 11.6. The van der Waals surface area contributed by atoms with Gasteiger partial charge >= 0.3 is 36.7 Å². The van der Waals surface area contributed by atoms with Gasteiger partial charge in [-0.05, 0) is 49.7 Å². The summed E-state index contributed by atoms with van der Waals surface area (Å²) in [6, 6.07) is 2.40. The molecule has 0 atom stereocenters. The van der Waals surface area contributed by atoms with Crippen molar-refractivity contribution in [1.82, 2.24) is 0 Å². The van der Waals surface area contributed by atoms with Gasteiger partial charge in [-0.2, -0.15) is 43.2 Å². The summed E-state index contributed by atoms with van der Waals surface area (Å²) in [5.74, 6) is -8.83. The first-order valence-electron chi connectivity index (χ1n) is 11.7. The molecule has 210 valence electrons. The third-order valence-electron chi connectivity index (χ3n) is 6.96. The molecule has 0 unspecified atom stereocenters. The van der Waals surface area contributed by atoms with Gasteiger partial charge in [0.15, 0.2) is 0 Å². The van der Waals surface area contributed by atoms with Crippen molar-refractivity contribution >= 4 is 26.5 Å². The molecule has 15 heteroatoms. The lowest BCUT2D eigenvalue weighted by Crippen LogP contribution is -2.61. The lowest BCUT2D eigenvalue weighted by Gasteiger charge is -2.32. The molecule has 0 aliphatic heterocycles. The number of carbonyl (C=O) groups excluding carboxylic acids is 1. The largest absolute Gasteiger partial charge is 0.450 e. The average molecular weight is 581 g/mol. The molecule has 37 heavy (non-hydrogen) atoms. The van der Waals surface area contributed by atoms with E-state index >= 15 is 0 Å². The number of aldehydes is 1. The normalized spacial score (nSPS) is 19.5. The fraction of sp³-hybridized carbons (Fsp3) is 0.682. The van der Waals surface area contributed by atoms with E-state index in [2.05, 4.69) is 4.18 Å². The second-order valence-corrected chi connectivity index (χ2v) is 12.5. The van der Waals surface area contributed by atoms with Gasteiger partial charge in [-0.1, -0.05) is 38.5 Å². The zero-order chi connectivity index (χ0) is 27.9. The van der Waals surface area contributed by atoms with Crippen molar-refractivity contribution in [1.29, 1.82) is 0 Å². The molecule has 2 saturated carbocycles. The highest BCUT2D eigenvalue weighted by atomic mass is 32.2. The predicted octanol–water partition coefficient (Wildman–Crippen LogP) is 6.01. The molecule has 7 nitrogen and oxygen atoms in total. The van der Waals surface area contributed by atoms with Crippen molar-refractivity contribution in [2.45, 2.75) is 92.5 Å². The van der Waals surface area contributed by atoms with E-state index in [1.54, 1.807) is 0 Å². The molecule has 0 bridgehead atoms. The van der Waals surface area contributed by atoms with Gasteiger partial charge in [-0.3, -0.25) is 9.35 Å². The summed E-state index contributed by atoms with van der Waals surface area (Å²) < 4.78 is 144. The van der Waals surface area contributed by atoms with Gasteiger partial charge in [0.2, 0.25) is 0 Å². The van der Waals surface area contributed by atoms with E-state index in [0.29, 0.717) is 57.7 Å². The highest BCUT2D eigenvalue weighted by Crippen LogP contribution is 2.52. The van der Waals surface area contributed by atoms with Crippen molar-refractivity contribution in [3.63, 3.8) is 0 Å². The molecule has 1 aromatic rings. The number of hydrogen-bond donors (Lipinski definition) is 1. The molecule has 0 saturated heterocycles. The molecule has 1 N–H and O–H groups in total. The summed E-state index contributed by atoms with van der Waals surface area (Å²) in [6.07, 6.45) is 6.51. The first kappa shape index (κ1) is 29.7. The molecule has 0 spiro atoms. The number of alkyl halides is 6. The summed E-state index contributed by atoms with van der Waals surface area (Å²) in [6.45, 7) is 0. The van der Waals surface area contributed by atoms with E-state index in [4.69, 9.17) is 4.55 Å². The Morgan fingerprint density at radius 1 is 0.757 bits per heavy atom. The zero-order valence-corrected chi connectivity index (χ0v) is 21.1. The maximum atomic E-state index is 14.6. The molecular formula is C22H26F6O7S2. The molecule has 2 aliphatic carbocycles. The van der Waals surface area contributed by atoms with Gasteiger partial charge in [-0.25, -0.2) is 0 Å². The van der Waals surface area contributed by atoms with E-state index in [1.807, 2.05) is 0 Å². The number of hydrogen-bond acceptors (Lipinski definition) is 6. The van der Waals surface area contributed by atoms with Gasteiger partial charge in [0.1, 0.15) is 12.0 Å². The monoisotopic (exact) mass is 580 g/mol. The minimum Gasteiger partial charge on any atom is -0.377 e. The van der Waals surface area contributed by atoms with E-state index in [9.17, 15) is 48.0 Å². The van der Waals surface area contributed by atoms with Crippen LogP contribution in [-0.4, -0.2) is 44.1 Å². The number of rotatable bonds is 9. The number of benzene rings is 1. The summed E-state index contributed by atoms with van der Waals surface area (Å²) in [5.41, 5.74) is 0.0594. The molecule has 2 fully saturated rings. The Labute approximate surface area is 210 Å². The van der Waals surface area contributed by atoms with E-state index in [-0.39, 0.29) is 16.7 Å². The lowest BCUT2D eigenvalue weighted by atomic mass is 9.78. The van der Waals surface area contributed by atoms with Crippen LogP contribution in [0.3, 0.4) is 0 Å². The molecule has 2 aliphatic rings. The smallest absolute Gasteiger partial charge is 0.377 e. The maximum absolute atomic E-state index is 14.6. The highest BCUT2D eigenvalue weighted by Gasteiger charge is 2.83. The van der Waals surface area contributed by atoms with Crippen LogP contribution in [0.25, 0.3) is 0 Å². The van der Waals surface area contributed by atoms with Crippen molar-refractivity contribution in [2.24, 2.45) is 0 Å². The third-order valence-corrected chi connectivity index (χ3v) is 9.13. The van der Waals surface area contributed by atoms with Crippen LogP contribution in [-0.2, 0) is 20.2 Å². The Morgan fingerprint density at radius 3 is 1.51 bits per heavy atom. The molecule has 0 amide bonds. The minimum absolute atomic E-state index is 0.00546. The van der Waals surface area contributed by atoms with Gasteiger partial charge in [0, 0.05) is 16.7 Å². The van der Waals surface area contributed by atoms with Gasteiger partial charge in [-0.15, -0.1) is 0 Å². The summed E-state index contributed by atoms with van der Waals surface area (Å²) >= 11 is 0. The van der Waals surface area contributed by atoms with Crippen molar-refractivity contribution < 1.29 is 56.7 Å². The van der Waals surface area contributed by atoms with E-state index in [0.717, 1.165) is 12.8 Å². The first-order chi connectivity index (χ1) is 17.0. The van der Waals surface area contributed by atoms with Crippen LogP contribution in [0, 0.1) is 0 Å². The summed E-state index contributed by atoms with van der Waals surface area (Å²) in [7, 11) is -14.1. The van der Waals surface area contributed by atoms with Gasteiger partial charge in [0.25, 0.3) is 0 Å². The van der Waals surface area contributed by atoms with Crippen LogP contribution in [0.1, 0.15) is 97.5 Å². The Morgan fingerprint density at radius 2 is 1.16 bits per heavy atom. The SMILES string of the molecule is O=Cc1cc(C2CCCCC2)c(OS(=O)(=O)C(F)(F)C(F)(F)C(F)(F)S(=O)(=O)O)c(C2CCCCC2)c1. The third kappa shape index (κ3) is 5.35. The molecule has 1 aromatic carbocycles. The Kier molecular flexibility index (Phi) is 8.31. The molecule has 0 heterocycles. The fourth-order valence-corrected chi connectivity index (χ4v) is 6.42. The molecule has 0 aromatic heterocycles. The zero-order valence-electron chi connectivity index (χ0n) is 19.4. The lowest BCUT2D eigenvalue weighted by molar-refractivity contribution is -0.247. The summed E-state index contributed by atoms with van der Waals surface area (Å²) in [5, 5.41) is -13.6. The fourth-order valence-electron chi connectivity index (χ4n) is 4.95. The van der Waals surface area contributed by atoms with E-state index in [1.165, 1.54) is 12.1 Å².